The number of nitro groups is 1. The Morgan fingerprint density at radius 1 is 1.17 bits per heavy atom. The number of anilines is 1. The zero-order valence-corrected chi connectivity index (χ0v) is 17.2. The molecule has 1 heterocycles. The number of carbonyl (C=O) groups is 1. The van der Waals surface area contributed by atoms with Crippen LogP contribution in [0.25, 0.3) is 11.4 Å². The summed E-state index contributed by atoms with van der Waals surface area (Å²) in [5.74, 6) is 1.11. The molecular weight excluding hydrogens is 408 g/mol. The quantitative estimate of drug-likeness (QED) is 0.200. The van der Waals surface area contributed by atoms with Gasteiger partial charge in [0.15, 0.2) is 21.8 Å². The minimum Gasteiger partial charge on any atom is -0.497 e. The molecule has 0 bridgehead atoms. The number of nitro benzene ring substituents is 1. The summed E-state index contributed by atoms with van der Waals surface area (Å²) >= 11 is 1.07. The number of aromatic nitrogens is 3. The second kappa shape index (κ2) is 9.18. The van der Waals surface area contributed by atoms with Gasteiger partial charge in [0.1, 0.15) is 5.75 Å². The summed E-state index contributed by atoms with van der Waals surface area (Å²) in [5.41, 5.74) is 4.06. The number of nitrogens with one attached hydrogen (secondary N) is 1. The van der Waals surface area contributed by atoms with Gasteiger partial charge < -0.3 is 9.30 Å². The van der Waals surface area contributed by atoms with Crippen LogP contribution in [0.4, 0.5) is 11.4 Å². The molecule has 0 aliphatic rings. The molecular formula is C19H18N6O4S. The molecule has 0 spiro atoms. The van der Waals surface area contributed by atoms with Crippen molar-refractivity contribution in [3.05, 3.63) is 58.6 Å². The first-order valence-corrected chi connectivity index (χ1v) is 9.51. The number of rotatable bonds is 7. The van der Waals surface area contributed by atoms with Crippen LogP contribution in [0.5, 0.6) is 5.75 Å². The second-order valence-electron chi connectivity index (χ2n) is 6.08. The largest absolute Gasteiger partial charge is 0.497 e. The zero-order valence-electron chi connectivity index (χ0n) is 16.4. The minimum atomic E-state index is -0.488. The van der Waals surface area contributed by atoms with Crippen LogP contribution in [0.1, 0.15) is 6.92 Å². The number of nitrogens with zero attached hydrogens (tertiary/aromatic N) is 5. The topological polar surface area (TPSA) is 125 Å². The fraction of sp³-hybridized carbons (Fsp3) is 0.158. The Balaban J connectivity index is 1.78. The smallest absolute Gasteiger partial charge is 0.269 e. The van der Waals surface area contributed by atoms with Crippen LogP contribution in [0, 0.1) is 10.1 Å². The van der Waals surface area contributed by atoms with Gasteiger partial charge in [-0.25, -0.2) is 0 Å². The first kappa shape index (κ1) is 21.0. The van der Waals surface area contributed by atoms with Crippen LogP contribution in [0.3, 0.4) is 0 Å². The Bertz CT molecular complexity index is 1090. The van der Waals surface area contributed by atoms with Crippen molar-refractivity contribution in [2.45, 2.75) is 12.1 Å². The number of hydrazone groups is 1. The Morgan fingerprint density at radius 2 is 1.83 bits per heavy atom. The SMILES string of the molecule is COc1ccc(-c2nnc(SC(=NNc3ccc([N+](=O)[O-])cc3)C(C)=O)n2C)cc1. The lowest BCUT2D eigenvalue weighted by atomic mass is 10.2. The van der Waals surface area contributed by atoms with E-state index in [1.54, 1.807) is 18.7 Å². The molecule has 0 saturated heterocycles. The maximum Gasteiger partial charge on any atom is 0.269 e. The van der Waals surface area contributed by atoms with E-state index in [9.17, 15) is 14.9 Å². The first-order valence-electron chi connectivity index (χ1n) is 8.70. The van der Waals surface area contributed by atoms with E-state index in [4.69, 9.17) is 4.74 Å². The van der Waals surface area contributed by atoms with E-state index in [1.807, 2.05) is 24.3 Å². The van der Waals surface area contributed by atoms with E-state index < -0.39 is 4.92 Å². The number of benzene rings is 2. The minimum absolute atomic E-state index is 0.0316. The van der Waals surface area contributed by atoms with Gasteiger partial charge in [-0.15, -0.1) is 10.2 Å². The highest BCUT2D eigenvalue weighted by atomic mass is 32.2. The third-order valence-corrected chi connectivity index (χ3v) is 5.15. The van der Waals surface area contributed by atoms with Gasteiger partial charge in [-0.05, 0) is 48.2 Å². The van der Waals surface area contributed by atoms with Crippen LogP contribution in [-0.2, 0) is 11.8 Å². The number of methoxy groups -OCH3 is 1. The van der Waals surface area contributed by atoms with E-state index in [1.165, 1.54) is 31.2 Å². The lowest BCUT2D eigenvalue weighted by Crippen LogP contribution is -2.09. The third-order valence-electron chi connectivity index (χ3n) is 4.04. The van der Waals surface area contributed by atoms with E-state index in [2.05, 4.69) is 20.7 Å². The second-order valence-corrected chi connectivity index (χ2v) is 7.04. The number of Topliss-reactive ketones (excluding diaryl/α,β-unsaturated/α-hetero) is 1. The van der Waals surface area contributed by atoms with Crippen molar-refractivity contribution < 1.29 is 14.5 Å². The van der Waals surface area contributed by atoms with Gasteiger partial charge in [0.05, 0.1) is 17.7 Å². The number of thioether (sulfide) groups is 1. The molecule has 0 aliphatic heterocycles. The Labute approximate surface area is 176 Å². The Kier molecular flexibility index (Phi) is 6.42. The molecule has 30 heavy (non-hydrogen) atoms. The molecule has 0 fully saturated rings. The van der Waals surface area contributed by atoms with Gasteiger partial charge >= 0.3 is 0 Å². The summed E-state index contributed by atoms with van der Waals surface area (Å²) in [6, 6.07) is 13.1. The molecule has 0 radical (unpaired) electrons. The molecule has 3 rings (SSSR count). The predicted molar refractivity (Wildman–Crippen MR) is 114 cm³/mol. The summed E-state index contributed by atoms with van der Waals surface area (Å²) in [6.07, 6.45) is 0. The van der Waals surface area contributed by atoms with Crippen LogP contribution in [-0.4, -0.2) is 37.6 Å². The third kappa shape index (κ3) is 4.81. The fourth-order valence-electron chi connectivity index (χ4n) is 2.43. The molecule has 0 aliphatic carbocycles. The van der Waals surface area contributed by atoms with Gasteiger partial charge in [-0.3, -0.25) is 20.3 Å². The Morgan fingerprint density at radius 3 is 2.40 bits per heavy atom. The average Bonchev–Trinajstić information content (AvgIpc) is 3.11. The highest BCUT2D eigenvalue weighted by Crippen LogP contribution is 2.25. The van der Waals surface area contributed by atoms with Crippen LogP contribution >= 0.6 is 11.8 Å². The number of ketones is 1. The van der Waals surface area contributed by atoms with Crippen molar-refractivity contribution in [3.8, 4) is 17.1 Å². The highest BCUT2D eigenvalue weighted by Gasteiger charge is 2.17. The summed E-state index contributed by atoms with van der Waals surface area (Å²) in [7, 11) is 3.39. The van der Waals surface area contributed by atoms with Gasteiger partial charge in [0.25, 0.3) is 5.69 Å². The van der Waals surface area contributed by atoms with Crippen molar-refractivity contribution in [3.63, 3.8) is 0 Å². The van der Waals surface area contributed by atoms with E-state index >= 15 is 0 Å². The van der Waals surface area contributed by atoms with Crippen LogP contribution < -0.4 is 10.2 Å². The predicted octanol–water partition coefficient (Wildman–Crippen LogP) is 3.51. The molecule has 10 nitrogen and oxygen atoms in total. The summed E-state index contributed by atoms with van der Waals surface area (Å²) in [6.45, 7) is 1.39. The molecule has 0 saturated carbocycles. The number of non-ortho nitro benzene ring substituents is 1. The lowest BCUT2D eigenvalue weighted by Gasteiger charge is -2.06. The van der Waals surface area contributed by atoms with Gasteiger partial charge in [-0.1, -0.05) is 0 Å². The van der Waals surface area contributed by atoms with E-state index in [0.717, 1.165) is 23.1 Å². The summed E-state index contributed by atoms with van der Waals surface area (Å²) in [5, 5.41) is 23.9. The van der Waals surface area contributed by atoms with E-state index in [-0.39, 0.29) is 16.5 Å². The van der Waals surface area contributed by atoms with Crippen molar-refractivity contribution >= 4 is 34.0 Å². The molecule has 2 aromatic carbocycles. The molecule has 154 valence electrons. The molecule has 0 amide bonds. The van der Waals surface area contributed by atoms with Crippen molar-refractivity contribution in [1.82, 2.24) is 14.8 Å². The number of hydrogen-bond donors (Lipinski definition) is 1. The zero-order chi connectivity index (χ0) is 21.7. The highest BCUT2D eigenvalue weighted by molar-refractivity contribution is 8.15. The van der Waals surface area contributed by atoms with E-state index in [0.29, 0.717) is 16.7 Å². The summed E-state index contributed by atoms with van der Waals surface area (Å²) < 4.78 is 6.92. The van der Waals surface area contributed by atoms with Crippen molar-refractivity contribution in [2.75, 3.05) is 12.5 Å². The summed E-state index contributed by atoms with van der Waals surface area (Å²) in [4.78, 5) is 22.3. The number of hydrogen-bond acceptors (Lipinski definition) is 9. The monoisotopic (exact) mass is 426 g/mol. The first-order chi connectivity index (χ1) is 14.4. The lowest BCUT2D eigenvalue weighted by molar-refractivity contribution is -0.384. The normalized spacial score (nSPS) is 11.2. The maximum atomic E-state index is 12.0. The Hall–Kier alpha value is -3.73. The molecule has 0 unspecified atom stereocenters. The van der Waals surface area contributed by atoms with Crippen LogP contribution in [0.2, 0.25) is 0 Å². The standard InChI is InChI=1S/C19H18N6O4S/c1-12(26)18(22-20-14-6-8-15(9-7-14)25(27)28)30-19-23-21-17(24(19)2)13-4-10-16(29-3)11-5-13/h4-11,20H,1-3H3. The molecule has 1 aromatic heterocycles. The van der Waals surface area contributed by atoms with Gasteiger partial charge in [-0.2, -0.15) is 5.10 Å². The van der Waals surface area contributed by atoms with Crippen molar-refractivity contribution in [2.24, 2.45) is 12.1 Å². The number of carbonyl (C=O) groups excluding carboxylic acids is 1. The van der Waals surface area contributed by atoms with Crippen LogP contribution in [0.15, 0.2) is 58.8 Å². The van der Waals surface area contributed by atoms with Gasteiger partial charge in [0.2, 0.25) is 0 Å². The number of ether oxygens (including phenoxy) is 1. The van der Waals surface area contributed by atoms with Gasteiger partial charge in [0, 0.05) is 31.7 Å². The average molecular weight is 426 g/mol. The molecule has 11 heteroatoms. The fourth-order valence-corrected chi connectivity index (χ4v) is 3.14. The molecule has 3 aromatic rings. The molecule has 0 atom stereocenters. The maximum absolute atomic E-state index is 12.0. The van der Waals surface area contributed by atoms with Crippen molar-refractivity contribution in [1.29, 1.82) is 0 Å². The molecule has 1 N–H and O–H groups in total.